The van der Waals surface area contributed by atoms with Crippen molar-refractivity contribution in [1.29, 1.82) is 0 Å². The summed E-state index contributed by atoms with van der Waals surface area (Å²) in [6.07, 6.45) is 8.45. The van der Waals surface area contributed by atoms with Crippen molar-refractivity contribution in [1.82, 2.24) is 9.62 Å². The molecule has 0 aromatic heterocycles. The van der Waals surface area contributed by atoms with Crippen molar-refractivity contribution in [2.24, 2.45) is 0 Å². The number of carbonyl (C=O) groups excluding carboxylic acids is 2. The summed E-state index contributed by atoms with van der Waals surface area (Å²) in [6, 6.07) is 14.2. The third-order valence-electron chi connectivity index (χ3n) is 6.85. The van der Waals surface area contributed by atoms with Crippen LogP contribution in [0.15, 0.2) is 53.4 Å². The molecule has 2 amide bonds. The van der Waals surface area contributed by atoms with Crippen molar-refractivity contribution in [3.8, 4) is 0 Å². The SMILES string of the molecule is O=C(CCc1ccc(S(=O)(=O)NC2CCCCC2)cc1)Nc1ccc(CC(=O)N2CCCC2)cc1. The van der Waals surface area contributed by atoms with Crippen LogP contribution in [0.3, 0.4) is 0 Å². The van der Waals surface area contributed by atoms with Crippen molar-refractivity contribution >= 4 is 27.5 Å². The van der Waals surface area contributed by atoms with Crippen LogP contribution in [0.4, 0.5) is 5.69 Å². The van der Waals surface area contributed by atoms with Gasteiger partial charge in [0.2, 0.25) is 21.8 Å². The number of carbonyl (C=O) groups is 2. The minimum atomic E-state index is -3.52. The Hall–Kier alpha value is -2.71. The lowest BCUT2D eigenvalue weighted by atomic mass is 9.96. The summed E-state index contributed by atoms with van der Waals surface area (Å²) in [5, 5.41) is 2.89. The molecule has 0 radical (unpaired) electrons. The van der Waals surface area contributed by atoms with E-state index in [1.165, 1.54) is 6.42 Å². The second kappa shape index (κ2) is 11.8. The van der Waals surface area contributed by atoms with E-state index >= 15 is 0 Å². The molecule has 1 aliphatic carbocycles. The number of anilines is 1. The molecule has 1 heterocycles. The zero-order valence-corrected chi connectivity index (χ0v) is 21.0. The van der Waals surface area contributed by atoms with Crippen LogP contribution in [0.2, 0.25) is 0 Å². The highest BCUT2D eigenvalue weighted by Crippen LogP contribution is 2.20. The molecule has 7 nitrogen and oxygen atoms in total. The van der Waals surface area contributed by atoms with E-state index in [0.717, 1.165) is 62.7 Å². The second-order valence-electron chi connectivity index (χ2n) is 9.61. The standard InChI is InChI=1S/C27H35N3O4S/c31-26(28-23-13-8-22(9-14-23)20-27(32)30-18-4-5-19-30)17-12-21-10-15-25(16-11-21)35(33,34)29-24-6-2-1-3-7-24/h8-11,13-16,24,29H,1-7,12,17-20H2,(H,28,31). The van der Waals surface area contributed by atoms with Gasteiger partial charge >= 0.3 is 0 Å². The molecule has 0 atom stereocenters. The fraction of sp³-hybridized carbons (Fsp3) is 0.481. The summed E-state index contributed by atoms with van der Waals surface area (Å²) in [6.45, 7) is 1.70. The second-order valence-corrected chi connectivity index (χ2v) is 11.3. The average Bonchev–Trinajstić information content (AvgIpc) is 3.40. The topological polar surface area (TPSA) is 95.6 Å². The summed E-state index contributed by atoms with van der Waals surface area (Å²) >= 11 is 0. The van der Waals surface area contributed by atoms with Gasteiger partial charge in [0.1, 0.15) is 0 Å². The first-order chi connectivity index (χ1) is 16.9. The van der Waals surface area contributed by atoms with Gasteiger partial charge in [0.15, 0.2) is 0 Å². The molecule has 2 aromatic rings. The molecule has 2 aliphatic rings. The molecule has 0 unspecified atom stereocenters. The van der Waals surface area contributed by atoms with Gasteiger partial charge in [0, 0.05) is 31.2 Å². The summed E-state index contributed by atoms with van der Waals surface area (Å²) in [5.41, 5.74) is 2.54. The quantitative estimate of drug-likeness (QED) is 0.547. The van der Waals surface area contributed by atoms with E-state index < -0.39 is 10.0 Å². The van der Waals surface area contributed by atoms with E-state index in [1.807, 2.05) is 29.2 Å². The average molecular weight is 498 g/mol. The summed E-state index contributed by atoms with van der Waals surface area (Å²) in [4.78, 5) is 26.8. The van der Waals surface area contributed by atoms with Crippen LogP contribution in [-0.4, -0.2) is 44.3 Å². The van der Waals surface area contributed by atoms with Crippen LogP contribution in [-0.2, 0) is 32.5 Å². The number of nitrogens with one attached hydrogen (secondary N) is 2. The Morgan fingerprint density at radius 1 is 0.829 bits per heavy atom. The van der Waals surface area contributed by atoms with Crippen LogP contribution in [0.1, 0.15) is 62.5 Å². The van der Waals surface area contributed by atoms with Crippen molar-refractivity contribution in [3.05, 3.63) is 59.7 Å². The highest BCUT2D eigenvalue weighted by molar-refractivity contribution is 7.89. The summed E-state index contributed by atoms with van der Waals surface area (Å²) in [5.74, 6) is 0.0458. The maximum absolute atomic E-state index is 12.6. The van der Waals surface area contributed by atoms with E-state index in [1.54, 1.807) is 24.3 Å². The maximum atomic E-state index is 12.6. The predicted octanol–water partition coefficient (Wildman–Crippen LogP) is 4.03. The summed E-state index contributed by atoms with van der Waals surface area (Å²) < 4.78 is 28.1. The van der Waals surface area contributed by atoms with E-state index in [-0.39, 0.29) is 22.8 Å². The fourth-order valence-corrected chi connectivity index (χ4v) is 6.09. The molecular weight excluding hydrogens is 462 g/mol. The largest absolute Gasteiger partial charge is 0.342 e. The molecule has 2 N–H and O–H groups in total. The van der Waals surface area contributed by atoms with Crippen molar-refractivity contribution < 1.29 is 18.0 Å². The molecular formula is C27H35N3O4S. The molecule has 35 heavy (non-hydrogen) atoms. The van der Waals surface area contributed by atoms with Gasteiger partial charge in [-0.2, -0.15) is 0 Å². The van der Waals surface area contributed by atoms with Gasteiger partial charge in [-0.3, -0.25) is 9.59 Å². The van der Waals surface area contributed by atoms with E-state index in [9.17, 15) is 18.0 Å². The molecule has 188 valence electrons. The summed E-state index contributed by atoms with van der Waals surface area (Å²) in [7, 11) is -3.52. The van der Waals surface area contributed by atoms with Crippen LogP contribution in [0.25, 0.3) is 0 Å². The van der Waals surface area contributed by atoms with Gasteiger partial charge in [-0.1, -0.05) is 43.5 Å². The molecule has 1 saturated heterocycles. The lowest BCUT2D eigenvalue weighted by Gasteiger charge is -2.22. The molecule has 1 saturated carbocycles. The number of nitrogens with zero attached hydrogens (tertiary/aromatic N) is 1. The van der Waals surface area contributed by atoms with Gasteiger partial charge < -0.3 is 10.2 Å². The van der Waals surface area contributed by atoms with Gasteiger partial charge in [-0.15, -0.1) is 0 Å². The Balaban J connectivity index is 1.22. The smallest absolute Gasteiger partial charge is 0.240 e. The zero-order chi connectivity index (χ0) is 24.7. The predicted molar refractivity (Wildman–Crippen MR) is 137 cm³/mol. The van der Waals surface area contributed by atoms with Crippen molar-refractivity contribution in [2.45, 2.75) is 75.1 Å². The Morgan fingerprint density at radius 3 is 2.11 bits per heavy atom. The lowest BCUT2D eigenvalue weighted by molar-refractivity contribution is -0.129. The third kappa shape index (κ3) is 7.39. The Morgan fingerprint density at radius 2 is 1.46 bits per heavy atom. The van der Waals surface area contributed by atoms with Crippen LogP contribution < -0.4 is 10.0 Å². The lowest BCUT2D eigenvalue weighted by Crippen LogP contribution is -2.36. The van der Waals surface area contributed by atoms with Crippen molar-refractivity contribution in [2.75, 3.05) is 18.4 Å². The molecule has 0 spiro atoms. The van der Waals surface area contributed by atoms with Crippen molar-refractivity contribution in [3.63, 3.8) is 0 Å². The number of hydrogen-bond donors (Lipinski definition) is 2. The monoisotopic (exact) mass is 497 g/mol. The molecule has 1 aliphatic heterocycles. The van der Waals surface area contributed by atoms with Crippen LogP contribution in [0, 0.1) is 0 Å². The number of likely N-dealkylation sites (tertiary alicyclic amines) is 1. The van der Waals surface area contributed by atoms with Gasteiger partial charge in [0.05, 0.1) is 11.3 Å². The first-order valence-corrected chi connectivity index (χ1v) is 14.2. The van der Waals surface area contributed by atoms with Gasteiger partial charge in [-0.05, 0) is 67.5 Å². The van der Waals surface area contributed by atoms with E-state index in [4.69, 9.17) is 0 Å². The molecule has 2 fully saturated rings. The maximum Gasteiger partial charge on any atom is 0.240 e. The Bertz CT molecular complexity index is 1100. The first-order valence-electron chi connectivity index (χ1n) is 12.7. The number of hydrogen-bond acceptors (Lipinski definition) is 4. The Kier molecular flexibility index (Phi) is 8.57. The Labute approximate surface area is 208 Å². The number of rotatable bonds is 9. The minimum absolute atomic E-state index is 0.0248. The van der Waals surface area contributed by atoms with Crippen LogP contribution >= 0.6 is 0 Å². The van der Waals surface area contributed by atoms with Crippen LogP contribution in [0.5, 0.6) is 0 Å². The zero-order valence-electron chi connectivity index (χ0n) is 20.2. The number of amides is 2. The minimum Gasteiger partial charge on any atom is -0.342 e. The molecule has 4 rings (SSSR count). The normalized spacial score (nSPS) is 16.9. The molecule has 8 heteroatoms. The first kappa shape index (κ1) is 25.4. The van der Waals surface area contributed by atoms with E-state index in [0.29, 0.717) is 24.9 Å². The fourth-order valence-electron chi connectivity index (χ4n) is 4.78. The van der Waals surface area contributed by atoms with Gasteiger partial charge in [0.25, 0.3) is 0 Å². The number of sulfonamides is 1. The van der Waals surface area contributed by atoms with Gasteiger partial charge in [-0.25, -0.2) is 13.1 Å². The highest BCUT2D eigenvalue weighted by Gasteiger charge is 2.22. The highest BCUT2D eigenvalue weighted by atomic mass is 32.2. The number of benzene rings is 2. The molecule has 0 bridgehead atoms. The number of aryl methyl sites for hydroxylation is 1. The third-order valence-corrected chi connectivity index (χ3v) is 8.39. The van der Waals surface area contributed by atoms with E-state index in [2.05, 4.69) is 10.0 Å². The molecule has 2 aromatic carbocycles.